The van der Waals surface area contributed by atoms with Crippen LogP contribution in [0.4, 0.5) is 0 Å². The van der Waals surface area contributed by atoms with Crippen LogP contribution in [0.2, 0.25) is 0 Å². The molecule has 0 aromatic heterocycles. The molecular weight excluding hydrogens is 316 g/mol. The van der Waals surface area contributed by atoms with Crippen LogP contribution < -0.4 is 5.32 Å². The molecule has 0 saturated heterocycles. The van der Waals surface area contributed by atoms with Crippen LogP contribution in [0, 0.1) is 0 Å². The lowest BCUT2D eigenvalue weighted by Gasteiger charge is -2.26. The number of carbonyl (C=O) groups excluding carboxylic acids is 3. The van der Waals surface area contributed by atoms with E-state index in [1.54, 1.807) is 30.5 Å². The zero-order valence-electron chi connectivity index (χ0n) is 13.2. The quantitative estimate of drug-likeness (QED) is 0.858. The third-order valence-electron chi connectivity index (χ3n) is 3.59. The molecular formula is C16H18N2O4S. The van der Waals surface area contributed by atoms with Crippen molar-refractivity contribution >= 4 is 28.3 Å². The maximum absolute atomic E-state index is 12.7. The van der Waals surface area contributed by atoms with Gasteiger partial charge in [-0.2, -0.15) is 0 Å². The van der Waals surface area contributed by atoms with Crippen molar-refractivity contribution in [3.63, 3.8) is 0 Å². The highest BCUT2D eigenvalue weighted by atomic mass is 32.2. The van der Waals surface area contributed by atoms with Crippen molar-refractivity contribution < 1.29 is 18.6 Å². The summed E-state index contributed by atoms with van der Waals surface area (Å²) in [6.45, 7) is 1.60. The number of allylic oxidation sites excluding steroid dienone is 2. The van der Waals surface area contributed by atoms with E-state index in [1.807, 2.05) is 0 Å². The second-order valence-corrected chi connectivity index (χ2v) is 6.76. The lowest BCUT2D eigenvalue weighted by atomic mass is 9.89. The van der Waals surface area contributed by atoms with Crippen LogP contribution in [0.1, 0.15) is 27.6 Å². The van der Waals surface area contributed by atoms with E-state index in [0.29, 0.717) is 11.3 Å². The molecule has 1 unspecified atom stereocenters. The van der Waals surface area contributed by atoms with Crippen molar-refractivity contribution in [3.8, 4) is 0 Å². The Bertz CT molecular complexity index is 739. The maximum atomic E-state index is 12.7. The van der Waals surface area contributed by atoms with Gasteiger partial charge in [0.1, 0.15) is 11.4 Å². The van der Waals surface area contributed by atoms with Gasteiger partial charge >= 0.3 is 0 Å². The standard InChI is InChI=1S/C16H18N2O4S/c1-10(19)18(2)14-13(17-8-9-23(3)22)15(20)11-6-4-5-7-12(11)16(14)21/h4-7,17H,8-9H2,1-3H3. The number of benzene rings is 1. The topological polar surface area (TPSA) is 83.6 Å². The molecule has 0 radical (unpaired) electrons. The minimum Gasteiger partial charge on any atom is -0.379 e. The molecule has 1 atom stereocenters. The van der Waals surface area contributed by atoms with E-state index in [9.17, 15) is 18.6 Å². The van der Waals surface area contributed by atoms with Gasteiger partial charge in [0.15, 0.2) is 0 Å². The number of carbonyl (C=O) groups is 3. The van der Waals surface area contributed by atoms with Crippen LogP contribution >= 0.6 is 0 Å². The summed E-state index contributed by atoms with van der Waals surface area (Å²) in [7, 11) is 0.427. The van der Waals surface area contributed by atoms with Gasteiger partial charge in [-0.25, -0.2) is 0 Å². The molecule has 1 aromatic rings. The van der Waals surface area contributed by atoms with Gasteiger partial charge in [0.25, 0.3) is 0 Å². The summed E-state index contributed by atoms with van der Waals surface area (Å²) in [5.74, 6) is -0.731. The molecule has 2 rings (SSSR count). The monoisotopic (exact) mass is 334 g/mol. The fourth-order valence-electron chi connectivity index (χ4n) is 2.32. The fourth-order valence-corrected chi connectivity index (χ4v) is 2.71. The molecule has 0 bridgehead atoms. The molecule has 0 saturated carbocycles. The average Bonchev–Trinajstić information content (AvgIpc) is 2.51. The van der Waals surface area contributed by atoms with Gasteiger partial charge < -0.3 is 10.2 Å². The smallest absolute Gasteiger partial charge is 0.223 e. The molecule has 0 aliphatic heterocycles. The number of likely N-dealkylation sites (N-methyl/N-ethyl adjacent to an activating group) is 1. The Kier molecular flexibility index (Phi) is 5.10. The highest BCUT2D eigenvalue weighted by Gasteiger charge is 2.34. The number of hydrogen-bond donors (Lipinski definition) is 1. The lowest BCUT2D eigenvalue weighted by molar-refractivity contribution is -0.125. The minimum atomic E-state index is -1.03. The van der Waals surface area contributed by atoms with E-state index in [2.05, 4.69) is 5.32 Å². The molecule has 0 heterocycles. The largest absolute Gasteiger partial charge is 0.379 e. The third kappa shape index (κ3) is 3.39. The van der Waals surface area contributed by atoms with Gasteiger partial charge in [-0.05, 0) is 0 Å². The number of Topliss-reactive ketones (excluding diaryl/α,β-unsaturated/α-hetero) is 2. The van der Waals surface area contributed by atoms with Crippen LogP contribution in [0.5, 0.6) is 0 Å². The SMILES string of the molecule is CC(=O)N(C)C1=C(NCCS(C)=O)C(=O)c2ccccc2C1=O. The maximum Gasteiger partial charge on any atom is 0.223 e. The number of ketones is 2. The van der Waals surface area contributed by atoms with Crippen LogP contribution in [0.3, 0.4) is 0 Å². The molecule has 1 aromatic carbocycles. The molecule has 0 spiro atoms. The third-order valence-corrected chi connectivity index (χ3v) is 4.37. The number of hydrogen-bond acceptors (Lipinski definition) is 5. The normalized spacial score (nSPS) is 15.3. The molecule has 0 fully saturated rings. The van der Waals surface area contributed by atoms with E-state index in [0.717, 1.165) is 0 Å². The van der Waals surface area contributed by atoms with Crippen LogP contribution in [0.15, 0.2) is 35.7 Å². The van der Waals surface area contributed by atoms with E-state index in [1.165, 1.54) is 18.9 Å². The highest BCUT2D eigenvalue weighted by molar-refractivity contribution is 7.84. The van der Waals surface area contributed by atoms with Crippen molar-refractivity contribution in [2.24, 2.45) is 0 Å². The van der Waals surface area contributed by atoms with Crippen molar-refractivity contribution in [1.29, 1.82) is 0 Å². The van der Waals surface area contributed by atoms with Gasteiger partial charge in [-0.3, -0.25) is 18.6 Å². The molecule has 23 heavy (non-hydrogen) atoms. The van der Waals surface area contributed by atoms with Crippen LogP contribution in [-0.2, 0) is 15.6 Å². The van der Waals surface area contributed by atoms with Gasteiger partial charge in [0.2, 0.25) is 17.5 Å². The van der Waals surface area contributed by atoms with E-state index in [-0.39, 0.29) is 41.0 Å². The Balaban J connectivity index is 2.50. The molecule has 7 heteroatoms. The summed E-state index contributed by atoms with van der Waals surface area (Å²) < 4.78 is 11.2. The van der Waals surface area contributed by atoms with Crippen LogP contribution in [0.25, 0.3) is 0 Å². The van der Waals surface area contributed by atoms with Crippen molar-refractivity contribution in [2.75, 3.05) is 25.6 Å². The second-order valence-electron chi connectivity index (χ2n) is 5.21. The zero-order valence-corrected chi connectivity index (χ0v) is 14.0. The van der Waals surface area contributed by atoms with Gasteiger partial charge in [-0.1, -0.05) is 24.3 Å². The fraction of sp³-hybridized carbons (Fsp3) is 0.312. The number of amides is 1. The number of nitrogens with one attached hydrogen (secondary N) is 1. The van der Waals surface area contributed by atoms with Gasteiger partial charge in [0.05, 0.1) is 0 Å². The van der Waals surface area contributed by atoms with E-state index < -0.39 is 10.8 Å². The first kappa shape index (κ1) is 17.1. The van der Waals surface area contributed by atoms with Crippen molar-refractivity contribution in [3.05, 3.63) is 46.8 Å². The molecule has 1 amide bonds. The summed E-state index contributed by atoms with van der Waals surface area (Å²) in [6.07, 6.45) is 1.56. The average molecular weight is 334 g/mol. The van der Waals surface area contributed by atoms with Crippen LogP contribution in [-0.4, -0.2) is 52.2 Å². The number of fused-ring (bicyclic) bond motifs is 1. The zero-order chi connectivity index (χ0) is 17.1. The lowest BCUT2D eigenvalue weighted by Crippen LogP contribution is -2.39. The first-order chi connectivity index (χ1) is 10.8. The van der Waals surface area contributed by atoms with E-state index in [4.69, 9.17) is 0 Å². The molecule has 122 valence electrons. The molecule has 1 N–H and O–H groups in total. The highest BCUT2D eigenvalue weighted by Crippen LogP contribution is 2.26. The second kappa shape index (κ2) is 6.87. The first-order valence-electron chi connectivity index (χ1n) is 7.05. The summed E-state index contributed by atoms with van der Waals surface area (Å²) in [5, 5.41) is 2.88. The Morgan fingerprint density at radius 3 is 2.26 bits per heavy atom. The predicted octanol–water partition coefficient (Wildman–Crippen LogP) is 0.724. The number of nitrogens with zero attached hydrogens (tertiary/aromatic N) is 1. The summed E-state index contributed by atoms with van der Waals surface area (Å²) in [5.41, 5.74) is 0.698. The van der Waals surface area contributed by atoms with Crippen molar-refractivity contribution in [1.82, 2.24) is 10.2 Å². The van der Waals surface area contributed by atoms with E-state index >= 15 is 0 Å². The van der Waals surface area contributed by atoms with Crippen molar-refractivity contribution in [2.45, 2.75) is 6.92 Å². The Hall–Kier alpha value is -2.28. The summed E-state index contributed by atoms with van der Waals surface area (Å²) >= 11 is 0. The number of rotatable bonds is 5. The molecule has 1 aliphatic rings. The van der Waals surface area contributed by atoms with Gasteiger partial charge in [-0.15, -0.1) is 0 Å². The summed E-state index contributed by atoms with van der Waals surface area (Å²) in [6, 6.07) is 6.51. The Morgan fingerprint density at radius 1 is 1.17 bits per heavy atom. The summed E-state index contributed by atoms with van der Waals surface area (Å²) in [4.78, 5) is 38.3. The Labute approximate surface area is 137 Å². The Morgan fingerprint density at radius 2 is 1.74 bits per heavy atom. The first-order valence-corrected chi connectivity index (χ1v) is 8.78. The minimum absolute atomic E-state index is 0.0306. The molecule has 1 aliphatic carbocycles. The predicted molar refractivity (Wildman–Crippen MR) is 87.5 cm³/mol. The molecule has 6 nitrogen and oxygen atoms in total. The van der Waals surface area contributed by atoms with Gasteiger partial charge in [0, 0.05) is 54.5 Å².